The van der Waals surface area contributed by atoms with Crippen molar-refractivity contribution in [1.82, 2.24) is 5.01 Å². The maximum Gasteiger partial charge on any atom is 0.356 e. The Hall–Kier alpha value is -1.43. The van der Waals surface area contributed by atoms with E-state index in [1.54, 1.807) is 0 Å². The molecule has 12 heavy (non-hydrogen) atoms. The van der Waals surface area contributed by atoms with Gasteiger partial charge in [-0.2, -0.15) is 5.10 Å². The van der Waals surface area contributed by atoms with Crippen molar-refractivity contribution in [3.63, 3.8) is 0 Å². The number of rotatable bonds is 1. The fourth-order valence-electron chi connectivity index (χ4n) is 0.864. The number of ether oxygens (including phenoxy) is 1. The van der Waals surface area contributed by atoms with Crippen molar-refractivity contribution < 1.29 is 14.3 Å². The monoisotopic (exact) mass is 171 g/mol. The zero-order valence-corrected chi connectivity index (χ0v) is 6.77. The van der Waals surface area contributed by atoms with Gasteiger partial charge in [-0.1, -0.05) is 0 Å². The molecule has 0 radical (unpaired) electrons. The quantitative estimate of drug-likeness (QED) is 0.477. The second kappa shape index (κ2) is 2.90. The molecule has 1 heterocycles. The highest BCUT2D eigenvalue weighted by atomic mass is 16.5. The number of hydrogen-bond acceptors (Lipinski definition) is 5. The maximum absolute atomic E-state index is 11.0. The van der Waals surface area contributed by atoms with Crippen LogP contribution in [-0.2, 0) is 14.3 Å². The number of esters is 1. The summed E-state index contributed by atoms with van der Waals surface area (Å²) in [6.07, 6.45) is 0. The molecule has 1 aliphatic heterocycles. The number of carbonyl (C=O) groups is 2. The van der Waals surface area contributed by atoms with Crippen LogP contribution in [0.3, 0.4) is 0 Å². The highest BCUT2D eigenvalue weighted by Crippen LogP contribution is 2.05. The number of carbonyl (C=O) groups excluding carboxylic acids is 2. The molecule has 0 aliphatic carbocycles. The predicted molar refractivity (Wildman–Crippen MR) is 40.2 cm³/mol. The van der Waals surface area contributed by atoms with E-state index in [1.165, 1.54) is 14.2 Å². The largest absolute Gasteiger partial charge is 0.464 e. The molecule has 0 fully saturated rings. The van der Waals surface area contributed by atoms with Crippen molar-refractivity contribution in [2.45, 2.75) is 6.04 Å². The van der Waals surface area contributed by atoms with E-state index < -0.39 is 17.9 Å². The van der Waals surface area contributed by atoms with Crippen molar-refractivity contribution in [3.05, 3.63) is 0 Å². The third-order valence-corrected chi connectivity index (χ3v) is 1.53. The molecule has 0 aromatic rings. The van der Waals surface area contributed by atoms with Crippen molar-refractivity contribution >= 4 is 17.6 Å². The van der Waals surface area contributed by atoms with Crippen molar-refractivity contribution in [3.8, 4) is 0 Å². The highest BCUT2D eigenvalue weighted by molar-refractivity contribution is 6.44. The summed E-state index contributed by atoms with van der Waals surface area (Å²) in [5, 5.41) is 4.65. The zero-order valence-electron chi connectivity index (χ0n) is 6.77. The van der Waals surface area contributed by atoms with E-state index in [0.29, 0.717) is 0 Å². The molecule has 0 spiro atoms. The lowest BCUT2D eigenvalue weighted by molar-refractivity contribution is -0.133. The molecule has 1 aliphatic rings. The Balaban J connectivity index is 2.86. The first-order valence-corrected chi connectivity index (χ1v) is 3.28. The van der Waals surface area contributed by atoms with Gasteiger partial charge in [0.05, 0.1) is 7.11 Å². The van der Waals surface area contributed by atoms with E-state index in [1.807, 2.05) is 0 Å². The number of likely N-dealkylation sites (N-methyl/N-ethyl adjacent to an activating group) is 1. The summed E-state index contributed by atoms with van der Waals surface area (Å²) in [6, 6.07) is -0.984. The van der Waals surface area contributed by atoms with E-state index in [-0.39, 0.29) is 5.71 Å². The second-order valence-corrected chi connectivity index (χ2v) is 2.32. The molecule has 66 valence electrons. The molecular weight excluding hydrogens is 162 g/mol. The van der Waals surface area contributed by atoms with Gasteiger partial charge in [0.15, 0.2) is 5.71 Å². The standard InChI is InChI=1S/C6H9N3O3/c1-9-5(10)3(7)4(8-9)6(11)12-2/h3H,7H2,1-2H3. The van der Waals surface area contributed by atoms with Gasteiger partial charge in [0.1, 0.15) is 6.04 Å². The first kappa shape index (κ1) is 8.66. The first-order chi connectivity index (χ1) is 5.57. The number of amides is 1. The van der Waals surface area contributed by atoms with Gasteiger partial charge < -0.3 is 10.5 Å². The summed E-state index contributed by atoms with van der Waals surface area (Å²) in [5.41, 5.74) is 5.32. The molecule has 1 atom stereocenters. The van der Waals surface area contributed by atoms with E-state index >= 15 is 0 Å². The summed E-state index contributed by atoms with van der Waals surface area (Å²) in [4.78, 5) is 21.9. The second-order valence-electron chi connectivity index (χ2n) is 2.32. The molecule has 0 saturated heterocycles. The van der Waals surface area contributed by atoms with Gasteiger partial charge in [-0.15, -0.1) is 0 Å². The third-order valence-electron chi connectivity index (χ3n) is 1.53. The molecule has 0 aromatic heterocycles. The topological polar surface area (TPSA) is 85.0 Å². The third kappa shape index (κ3) is 1.16. The molecule has 2 N–H and O–H groups in total. The normalized spacial score (nSPS) is 22.6. The van der Waals surface area contributed by atoms with Crippen molar-refractivity contribution in [2.24, 2.45) is 10.8 Å². The SMILES string of the molecule is COC(=O)C1=NN(C)C(=O)C1N. The molecule has 0 aromatic carbocycles. The van der Waals surface area contributed by atoms with Crippen LogP contribution >= 0.6 is 0 Å². The Bertz CT molecular complexity index is 261. The number of hydrazone groups is 1. The Kier molecular flexibility index (Phi) is 2.09. The lowest BCUT2D eigenvalue weighted by Gasteiger charge is -2.03. The lowest BCUT2D eigenvalue weighted by Crippen LogP contribution is -2.41. The van der Waals surface area contributed by atoms with Crippen LogP contribution in [0, 0.1) is 0 Å². The molecule has 1 rings (SSSR count). The lowest BCUT2D eigenvalue weighted by atomic mass is 10.2. The van der Waals surface area contributed by atoms with E-state index in [4.69, 9.17) is 5.73 Å². The summed E-state index contributed by atoms with van der Waals surface area (Å²) >= 11 is 0. The minimum atomic E-state index is -0.984. The average molecular weight is 171 g/mol. The van der Waals surface area contributed by atoms with Gasteiger partial charge in [-0.25, -0.2) is 9.80 Å². The zero-order chi connectivity index (χ0) is 9.30. The maximum atomic E-state index is 11.0. The van der Waals surface area contributed by atoms with E-state index in [2.05, 4.69) is 9.84 Å². The van der Waals surface area contributed by atoms with Crippen LogP contribution in [0.15, 0.2) is 5.10 Å². The van der Waals surface area contributed by atoms with Crippen LogP contribution in [0.4, 0.5) is 0 Å². The Labute approximate surface area is 69.0 Å². The van der Waals surface area contributed by atoms with Gasteiger partial charge in [0.2, 0.25) is 0 Å². The van der Waals surface area contributed by atoms with Crippen molar-refractivity contribution in [1.29, 1.82) is 0 Å². The van der Waals surface area contributed by atoms with Crippen molar-refractivity contribution in [2.75, 3.05) is 14.2 Å². The highest BCUT2D eigenvalue weighted by Gasteiger charge is 2.35. The Morgan fingerprint density at radius 2 is 2.33 bits per heavy atom. The van der Waals surface area contributed by atoms with Gasteiger partial charge in [0, 0.05) is 7.05 Å². The molecule has 1 unspecified atom stereocenters. The Morgan fingerprint density at radius 3 is 2.67 bits per heavy atom. The summed E-state index contributed by atoms with van der Waals surface area (Å²) < 4.78 is 4.37. The smallest absolute Gasteiger partial charge is 0.356 e. The van der Waals surface area contributed by atoms with Crippen LogP contribution in [0.25, 0.3) is 0 Å². The van der Waals surface area contributed by atoms with Gasteiger partial charge in [-0.05, 0) is 0 Å². The van der Waals surface area contributed by atoms with Crippen LogP contribution in [0.2, 0.25) is 0 Å². The minimum Gasteiger partial charge on any atom is -0.464 e. The number of nitrogens with zero attached hydrogens (tertiary/aromatic N) is 2. The predicted octanol–water partition coefficient (Wildman–Crippen LogP) is -1.69. The molecule has 6 nitrogen and oxygen atoms in total. The van der Waals surface area contributed by atoms with Gasteiger partial charge in [-0.3, -0.25) is 4.79 Å². The molecular formula is C6H9N3O3. The van der Waals surface area contributed by atoms with Gasteiger partial charge in [0.25, 0.3) is 5.91 Å². The molecule has 1 amide bonds. The Morgan fingerprint density at radius 1 is 1.75 bits per heavy atom. The summed E-state index contributed by atoms with van der Waals surface area (Å²) in [5.74, 6) is -1.07. The summed E-state index contributed by atoms with van der Waals surface area (Å²) in [6.45, 7) is 0. The number of nitrogens with two attached hydrogens (primary N) is 1. The molecule has 0 bridgehead atoms. The molecule has 0 saturated carbocycles. The van der Waals surface area contributed by atoms with Crippen LogP contribution in [-0.4, -0.2) is 42.8 Å². The van der Waals surface area contributed by atoms with Gasteiger partial charge >= 0.3 is 5.97 Å². The minimum absolute atomic E-state index is 0.0509. The fourth-order valence-corrected chi connectivity index (χ4v) is 0.864. The van der Waals surface area contributed by atoms with E-state index in [0.717, 1.165) is 5.01 Å². The van der Waals surface area contributed by atoms with E-state index in [9.17, 15) is 9.59 Å². The fraction of sp³-hybridized carbons (Fsp3) is 0.500. The number of methoxy groups -OCH3 is 1. The first-order valence-electron chi connectivity index (χ1n) is 3.28. The summed E-state index contributed by atoms with van der Waals surface area (Å²) in [7, 11) is 2.64. The van der Waals surface area contributed by atoms with Crippen LogP contribution in [0.1, 0.15) is 0 Å². The van der Waals surface area contributed by atoms with Crippen LogP contribution < -0.4 is 5.73 Å². The number of hydrogen-bond donors (Lipinski definition) is 1. The average Bonchev–Trinajstić information content (AvgIpc) is 2.32. The van der Waals surface area contributed by atoms with Crippen LogP contribution in [0.5, 0.6) is 0 Å². The molecule has 6 heteroatoms.